The Morgan fingerprint density at radius 2 is 1.94 bits per heavy atom. The van der Waals surface area contributed by atoms with E-state index >= 15 is 0 Å². The summed E-state index contributed by atoms with van der Waals surface area (Å²) >= 11 is 0. The van der Waals surface area contributed by atoms with Crippen molar-refractivity contribution in [3.05, 3.63) is 25.3 Å². The molecule has 0 aliphatic heterocycles. The van der Waals surface area contributed by atoms with Gasteiger partial charge in [0, 0.05) is 25.0 Å². The van der Waals surface area contributed by atoms with Gasteiger partial charge in [0.05, 0.1) is 12.4 Å². The molecule has 0 aromatic carbocycles. The zero-order valence-electron chi connectivity index (χ0n) is 10.8. The lowest BCUT2D eigenvalue weighted by atomic mass is 10.1. The van der Waals surface area contributed by atoms with Gasteiger partial charge in [0.25, 0.3) is 0 Å². The first kappa shape index (κ1) is 14.9. The van der Waals surface area contributed by atoms with E-state index in [9.17, 15) is 0 Å². The average molecular weight is 223 g/mol. The normalized spacial score (nSPS) is 12.3. The first-order valence-corrected chi connectivity index (χ1v) is 5.73. The van der Waals surface area contributed by atoms with E-state index in [2.05, 4.69) is 49.6 Å². The summed E-state index contributed by atoms with van der Waals surface area (Å²) in [6.07, 6.45) is 4.57. The van der Waals surface area contributed by atoms with E-state index in [1.165, 1.54) is 0 Å². The van der Waals surface area contributed by atoms with Crippen molar-refractivity contribution in [3.63, 3.8) is 0 Å². The highest BCUT2D eigenvalue weighted by molar-refractivity contribution is 5.83. The summed E-state index contributed by atoms with van der Waals surface area (Å²) in [6.45, 7) is 16.1. The quantitative estimate of drug-likeness (QED) is 0.300. The fourth-order valence-corrected chi connectivity index (χ4v) is 1.20. The Morgan fingerprint density at radius 3 is 2.44 bits per heavy atom. The predicted molar refractivity (Wildman–Crippen MR) is 73.1 cm³/mol. The summed E-state index contributed by atoms with van der Waals surface area (Å²) in [5.74, 6) is 1.03. The van der Waals surface area contributed by atoms with Crippen LogP contribution < -0.4 is 10.6 Å². The molecule has 0 fully saturated rings. The van der Waals surface area contributed by atoms with Crippen LogP contribution in [0, 0.1) is 0 Å². The molecule has 0 unspecified atom stereocenters. The minimum atomic E-state index is 0.0540. The van der Waals surface area contributed by atoms with Crippen LogP contribution in [0.15, 0.2) is 30.3 Å². The molecule has 0 amide bonds. The molecular formula is C13H25N3. The minimum absolute atomic E-state index is 0.0540. The number of hydrogen-bond donors (Lipinski definition) is 2. The SMILES string of the molecule is C=CCN=C(CCNCC=C)NC(C)(C)C. The van der Waals surface area contributed by atoms with Crippen molar-refractivity contribution in [3.8, 4) is 0 Å². The van der Waals surface area contributed by atoms with Gasteiger partial charge >= 0.3 is 0 Å². The third-order valence-electron chi connectivity index (χ3n) is 1.76. The van der Waals surface area contributed by atoms with Crippen molar-refractivity contribution < 1.29 is 0 Å². The number of hydrogen-bond acceptors (Lipinski definition) is 2. The summed E-state index contributed by atoms with van der Waals surface area (Å²) in [4.78, 5) is 4.45. The van der Waals surface area contributed by atoms with Crippen LogP contribution in [0.2, 0.25) is 0 Å². The molecule has 0 heterocycles. The van der Waals surface area contributed by atoms with Gasteiger partial charge in [-0.3, -0.25) is 4.99 Å². The fraction of sp³-hybridized carbons (Fsp3) is 0.615. The highest BCUT2D eigenvalue weighted by Gasteiger charge is 2.11. The van der Waals surface area contributed by atoms with Gasteiger partial charge in [-0.1, -0.05) is 12.2 Å². The van der Waals surface area contributed by atoms with Crippen molar-refractivity contribution >= 4 is 5.84 Å². The number of amidine groups is 1. The second-order valence-electron chi connectivity index (χ2n) is 4.69. The lowest BCUT2D eigenvalue weighted by Crippen LogP contribution is -2.42. The van der Waals surface area contributed by atoms with Crippen LogP contribution in [-0.2, 0) is 0 Å². The molecule has 0 saturated heterocycles. The Hall–Kier alpha value is -1.09. The third kappa shape index (κ3) is 9.46. The van der Waals surface area contributed by atoms with Gasteiger partial charge in [0.1, 0.15) is 0 Å². The predicted octanol–water partition coefficient (Wildman–Crippen LogP) is 2.12. The summed E-state index contributed by atoms with van der Waals surface area (Å²) in [6, 6.07) is 0. The van der Waals surface area contributed by atoms with Crippen LogP contribution in [0.5, 0.6) is 0 Å². The first-order valence-electron chi connectivity index (χ1n) is 5.73. The van der Waals surface area contributed by atoms with Gasteiger partial charge in [-0.25, -0.2) is 0 Å². The second-order valence-corrected chi connectivity index (χ2v) is 4.69. The monoisotopic (exact) mass is 223 g/mol. The molecule has 16 heavy (non-hydrogen) atoms. The molecule has 0 atom stereocenters. The van der Waals surface area contributed by atoms with E-state index < -0.39 is 0 Å². The Bertz CT molecular complexity index is 236. The summed E-state index contributed by atoms with van der Waals surface area (Å²) in [5.41, 5.74) is 0.0540. The third-order valence-corrected chi connectivity index (χ3v) is 1.76. The van der Waals surface area contributed by atoms with Crippen molar-refractivity contribution in [2.45, 2.75) is 32.7 Å². The van der Waals surface area contributed by atoms with E-state index in [0.29, 0.717) is 6.54 Å². The molecule has 0 bridgehead atoms. The number of aliphatic imine (C=N–C) groups is 1. The number of rotatable bonds is 7. The maximum Gasteiger partial charge on any atom is 0.0983 e. The van der Waals surface area contributed by atoms with Gasteiger partial charge in [-0.2, -0.15) is 0 Å². The zero-order chi connectivity index (χ0) is 12.4. The average Bonchev–Trinajstić information content (AvgIpc) is 2.18. The first-order chi connectivity index (χ1) is 7.49. The molecule has 0 saturated carbocycles. The molecule has 92 valence electrons. The molecule has 0 aromatic rings. The van der Waals surface area contributed by atoms with Crippen molar-refractivity contribution in [2.24, 2.45) is 4.99 Å². The maximum atomic E-state index is 4.45. The second kappa shape index (κ2) is 8.11. The fourth-order valence-electron chi connectivity index (χ4n) is 1.20. The van der Waals surface area contributed by atoms with Crippen LogP contribution >= 0.6 is 0 Å². The topological polar surface area (TPSA) is 36.4 Å². The van der Waals surface area contributed by atoms with Crippen LogP contribution in [-0.4, -0.2) is 31.0 Å². The molecule has 0 aliphatic carbocycles. The molecule has 0 radical (unpaired) electrons. The van der Waals surface area contributed by atoms with E-state index in [1.54, 1.807) is 0 Å². The Balaban J connectivity index is 4.10. The van der Waals surface area contributed by atoms with Crippen molar-refractivity contribution in [1.82, 2.24) is 10.6 Å². The van der Waals surface area contributed by atoms with Crippen LogP contribution in [0.1, 0.15) is 27.2 Å². The molecule has 3 heteroatoms. The maximum absolute atomic E-state index is 4.45. The summed E-state index contributed by atoms with van der Waals surface area (Å²) in [5, 5.41) is 6.67. The van der Waals surface area contributed by atoms with E-state index in [4.69, 9.17) is 0 Å². The molecule has 2 N–H and O–H groups in total. The summed E-state index contributed by atoms with van der Waals surface area (Å²) < 4.78 is 0. The molecular weight excluding hydrogens is 198 g/mol. The van der Waals surface area contributed by atoms with Gasteiger partial charge in [0.15, 0.2) is 0 Å². The lowest BCUT2D eigenvalue weighted by molar-refractivity contribution is 0.504. The van der Waals surface area contributed by atoms with E-state index in [1.807, 2.05) is 12.2 Å². The highest BCUT2D eigenvalue weighted by Crippen LogP contribution is 2.00. The van der Waals surface area contributed by atoms with E-state index in [0.717, 1.165) is 25.3 Å². The van der Waals surface area contributed by atoms with Crippen LogP contribution in [0.4, 0.5) is 0 Å². The lowest BCUT2D eigenvalue weighted by Gasteiger charge is -2.23. The largest absolute Gasteiger partial charge is 0.369 e. The highest BCUT2D eigenvalue weighted by atomic mass is 15.0. The van der Waals surface area contributed by atoms with Gasteiger partial charge in [-0.05, 0) is 20.8 Å². The Labute approximate surface area is 99.7 Å². The Kier molecular flexibility index (Phi) is 7.56. The minimum Gasteiger partial charge on any atom is -0.369 e. The van der Waals surface area contributed by atoms with Crippen molar-refractivity contribution in [1.29, 1.82) is 0 Å². The van der Waals surface area contributed by atoms with Gasteiger partial charge in [-0.15, -0.1) is 13.2 Å². The number of nitrogens with zero attached hydrogens (tertiary/aromatic N) is 1. The smallest absolute Gasteiger partial charge is 0.0983 e. The molecule has 0 rings (SSSR count). The van der Waals surface area contributed by atoms with Crippen LogP contribution in [0.25, 0.3) is 0 Å². The molecule has 0 aliphatic rings. The van der Waals surface area contributed by atoms with E-state index in [-0.39, 0.29) is 5.54 Å². The van der Waals surface area contributed by atoms with Crippen LogP contribution in [0.3, 0.4) is 0 Å². The van der Waals surface area contributed by atoms with Gasteiger partial charge in [0.2, 0.25) is 0 Å². The number of nitrogens with one attached hydrogen (secondary N) is 2. The Morgan fingerprint density at radius 1 is 1.25 bits per heavy atom. The molecule has 3 nitrogen and oxygen atoms in total. The van der Waals surface area contributed by atoms with Crippen molar-refractivity contribution in [2.75, 3.05) is 19.6 Å². The molecule has 0 spiro atoms. The summed E-state index contributed by atoms with van der Waals surface area (Å²) in [7, 11) is 0. The standard InChI is InChI=1S/C13H25N3/c1-6-9-14-11-8-12(15-10-7-2)16-13(3,4)5/h6-7,14H,1-2,8-11H2,3-5H3,(H,15,16). The van der Waals surface area contributed by atoms with Gasteiger partial charge < -0.3 is 10.6 Å². The molecule has 0 aromatic heterocycles. The zero-order valence-corrected chi connectivity index (χ0v) is 10.8.